The molecule has 0 radical (unpaired) electrons. The van der Waals surface area contributed by atoms with Gasteiger partial charge in [-0.25, -0.2) is 19.9 Å². The Labute approximate surface area is 356 Å². The quantitative estimate of drug-likeness (QED) is 0.168. The number of thiazole rings is 1. The third kappa shape index (κ3) is 5.82. The van der Waals surface area contributed by atoms with Gasteiger partial charge in [0, 0.05) is 32.9 Å². The molecule has 1 aliphatic carbocycles. The van der Waals surface area contributed by atoms with E-state index in [-0.39, 0.29) is 5.41 Å². The summed E-state index contributed by atoms with van der Waals surface area (Å²) in [6, 6.07) is 63.6. The highest BCUT2D eigenvalue weighted by Gasteiger charge is 2.38. The van der Waals surface area contributed by atoms with Gasteiger partial charge in [-0.2, -0.15) is 0 Å². The molecule has 0 atom stereocenters. The molecule has 288 valence electrons. The van der Waals surface area contributed by atoms with E-state index in [0.29, 0.717) is 17.5 Å². The molecule has 8 aromatic carbocycles. The van der Waals surface area contributed by atoms with E-state index in [1.807, 2.05) is 36.4 Å². The Morgan fingerprint density at radius 2 is 1.02 bits per heavy atom. The highest BCUT2D eigenvalue weighted by Crippen LogP contribution is 2.53. The molecule has 5 nitrogen and oxygen atoms in total. The molecule has 11 aromatic rings. The Kier molecular flexibility index (Phi) is 7.99. The molecule has 0 saturated heterocycles. The average Bonchev–Trinajstić information content (AvgIpc) is 4.00. The van der Waals surface area contributed by atoms with Gasteiger partial charge in [0.1, 0.15) is 16.2 Å². The number of hydrogen-bond acceptors (Lipinski definition) is 6. The predicted molar refractivity (Wildman–Crippen MR) is 250 cm³/mol. The fourth-order valence-corrected chi connectivity index (χ4v) is 10.4. The van der Waals surface area contributed by atoms with E-state index in [4.69, 9.17) is 24.4 Å². The SMILES string of the molecule is CC1(C)c2cc(-c3cccc(-c4nc(-c5ccc(-c6ccccc6)cc5)nc(-c5cccc6c5oc5ccccc56)n4)c3)ccc2-c2ccc3nc(-c4ccccc4)sc3c21. The molecule has 3 aromatic heterocycles. The van der Waals surface area contributed by atoms with Gasteiger partial charge >= 0.3 is 0 Å². The molecular formula is C55H36N4OS. The second-order valence-corrected chi connectivity index (χ2v) is 17.2. The minimum atomic E-state index is -0.218. The van der Waals surface area contributed by atoms with Crippen LogP contribution in [0.2, 0.25) is 0 Å². The summed E-state index contributed by atoms with van der Waals surface area (Å²) in [7, 11) is 0. The van der Waals surface area contributed by atoms with Crippen molar-refractivity contribution in [3.63, 3.8) is 0 Å². The molecule has 3 heterocycles. The lowest BCUT2D eigenvalue weighted by molar-refractivity contribution is 0.667. The topological polar surface area (TPSA) is 64.7 Å². The molecule has 1 aliphatic rings. The highest BCUT2D eigenvalue weighted by molar-refractivity contribution is 7.22. The van der Waals surface area contributed by atoms with Crippen LogP contribution in [-0.4, -0.2) is 19.9 Å². The number of rotatable bonds is 6. The van der Waals surface area contributed by atoms with Crippen LogP contribution in [0.1, 0.15) is 25.0 Å². The first-order chi connectivity index (χ1) is 30.0. The summed E-state index contributed by atoms with van der Waals surface area (Å²) in [5.74, 6) is 1.75. The van der Waals surface area contributed by atoms with Crippen molar-refractivity contribution in [3.05, 3.63) is 193 Å². The van der Waals surface area contributed by atoms with Crippen molar-refractivity contribution in [3.8, 4) is 78.1 Å². The van der Waals surface area contributed by atoms with Crippen LogP contribution in [0.3, 0.4) is 0 Å². The summed E-state index contributed by atoms with van der Waals surface area (Å²) in [4.78, 5) is 20.6. The lowest BCUT2D eigenvalue weighted by Crippen LogP contribution is -2.15. The molecule has 0 N–H and O–H groups in total. The summed E-state index contributed by atoms with van der Waals surface area (Å²) in [5.41, 5.74) is 16.0. The number of hydrogen-bond donors (Lipinski definition) is 0. The summed E-state index contributed by atoms with van der Waals surface area (Å²) >= 11 is 1.79. The normalized spacial score (nSPS) is 12.9. The monoisotopic (exact) mass is 800 g/mol. The molecule has 0 spiro atoms. The van der Waals surface area contributed by atoms with Gasteiger partial charge < -0.3 is 4.42 Å². The molecule has 0 fully saturated rings. The second-order valence-electron chi connectivity index (χ2n) is 16.2. The van der Waals surface area contributed by atoms with Crippen LogP contribution in [0.5, 0.6) is 0 Å². The molecule has 0 saturated carbocycles. The van der Waals surface area contributed by atoms with E-state index in [1.165, 1.54) is 27.0 Å². The first kappa shape index (κ1) is 35.4. The van der Waals surface area contributed by atoms with E-state index < -0.39 is 0 Å². The number of furan rings is 1. The van der Waals surface area contributed by atoms with E-state index in [9.17, 15) is 0 Å². The molecule has 0 aliphatic heterocycles. The Bertz CT molecular complexity index is 3500. The van der Waals surface area contributed by atoms with Crippen LogP contribution in [0.4, 0.5) is 0 Å². The predicted octanol–water partition coefficient (Wildman–Crippen LogP) is 14.7. The lowest BCUT2D eigenvalue weighted by Gasteiger charge is -2.22. The molecular weight excluding hydrogens is 765 g/mol. The molecule has 0 amide bonds. The van der Waals surface area contributed by atoms with E-state index in [0.717, 1.165) is 77.0 Å². The number of nitrogens with zero attached hydrogens (tertiary/aromatic N) is 4. The summed E-state index contributed by atoms with van der Waals surface area (Å²) in [6.07, 6.45) is 0. The standard InChI is InChI=1S/C55H36N4OS/c1-55(2)45-32-38(27-28-40(45)42-29-30-46-50(48(42)55)61-54(56-46)36-15-7-4-8-16-36)37-17-11-18-39(31-37)52-57-51(35-25-23-34(24-26-35)33-13-5-3-6-14-33)58-53(59-52)44-21-12-20-43-41-19-9-10-22-47(41)60-49(43)44/h3-32H,1-2H3. The van der Waals surface area contributed by atoms with Gasteiger partial charge in [-0.15, -0.1) is 11.3 Å². The number of benzene rings is 8. The lowest BCUT2D eigenvalue weighted by atomic mass is 9.81. The summed E-state index contributed by atoms with van der Waals surface area (Å²) in [6.45, 7) is 4.70. The van der Waals surface area contributed by atoms with Gasteiger partial charge in [0.05, 0.1) is 15.8 Å². The Balaban J connectivity index is 0.963. The fraction of sp³-hybridized carbons (Fsp3) is 0.0545. The first-order valence-corrected chi connectivity index (χ1v) is 21.4. The smallest absolute Gasteiger partial charge is 0.167 e. The van der Waals surface area contributed by atoms with Gasteiger partial charge in [0.25, 0.3) is 0 Å². The maximum Gasteiger partial charge on any atom is 0.167 e. The minimum Gasteiger partial charge on any atom is -0.455 e. The van der Waals surface area contributed by atoms with Crippen LogP contribution < -0.4 is 0 Å². The maximum absolute atomic E-state index is 6.49. The Morgan fingerprint density at radius 1 is 0.426 bits per heavy atom. The highest BCUT2D eigenvalue weighted by atomic mass is 32.1. The first-order valence-electron chi connectivity index (χ1n) is 20.5. The van der Waals surface area contributed by atoms with Gasteiger partial charge in [-0.3, -0.25) is 0 Å². The van der Waals surface area contributed by atoms with Crippen molar-refractivity contribution in [2.75, 3.05) is 0 Å². The molecule has 0 unspecified atom stereocenters. The van der Waals surface area contributed by atoms with E-state index in [1.54, 1.807) is 11.3 Å². The van der Waals surface area contributed by atoms with Crippen molar-refractivity contribution < 1.29 is 4.42 Å². The average molecular weight is 801 g/mol. The third-order valence-corrected chi connectivity index (χ3v) is 13.3. The zero-order valence-corrected chi connectivity index (χ0v) is 34.2. The number of para-hydroxylation sites is 2. The Hall–Kier alpha value is -7.54. The molecule has 6 heteroatoms. The summed E-state index contributed by atoms with van der Waals surface area (Å²) in [5, 5.41) is 3.14. The fourth-order valence-electron chi connectivity index (χ4n) is 9.11. The van der Waals surface area contributed by atoms with Crippen LogP contribution in [0, 0.1) is 0 Å². The van der Waals surface area contributed by atoms with Crippen molar-refractivity contribution in [2.24, 2.45) is 0 Å². The largest absolute Gasteiger partial charge is 0.455 e. The number of aromatic nitrogens is 4. The summed E-state index contributed by atoms with van der Waals surface area (Å²) < 4.78 is 7.75. The van der Waals surface area contributed by atoms with E-state index in [2.05, 4.69) is 159 Å². The second kappa shape index (κ2) is 13.8. The van der Waals surface area contributed by atoms with Crippen LogP contribution in [0.25, 0.3) is 110 Å². The van der Waals surface area contributed by atoms with Gasteiger partial charge in [-0.05, 0) is 74.8 Å². The van der Waals surface area contributed by atoms with Gasteiger partial charge in [0.2, 0.25) is 0 Å². The molecule has 0 bridgehead atoms. The van der Waals surface area contributed by atoms with Crippen LogP contribution in [0.15, 0.2) is 186 Å². The van der Waals surface area contributed by atoms with Crippen molar-refractivity contribution in [1.29, 1.82) is 0 Å². The number of fused-ring (bicyclic) bond motifs is 8. The van der Waals surface area contributed by atoms with Crippen LogP contribution >= 0.6 is 11.3 Å². The maximum atomic E-state index is 6.49. The van der Waals surface area contributed by atoms with Crippen LogP contribution in [-0.2, 0) is 5.41 Å². The third-order valence-electron chi connectivity index (χ3n) is 12.2. The zero-order chi connectivity index (χ0) is 40.7. The van der Waals surface area contributed by atoms with Gasteiger partial charge in [0.15, 0.2) is 17.5 Å². The Morgan fingerprint density at radius 3 is 1.84 bits per heavy atom. The van der Waals surface area contributed by atoms with Crippen molar-refractivity contribution >= 4 is 43.5 Å². The molecule has 12 rings (SSSR count). The molecule has 61 heavy (non-hydrogen) atoms. The zero-order valence-electron chi connectivity index (χ0n) is 33.4. The van der Waals surface area contributed by atoms with E-state index >= 15 is 0 Å². The van der Waals surface area contributed by atoms with Gasteiger partial charge in [-0.1, -0.05) is 166 Å². The van der Waals surface area contributed by atoms with Crippen molar-refractivity contribution in [1.82, 2.24) is 19.9 Å². The minimum absolute atomic E-state index is 0.218. The van der Waals surface area contributed by atoms with Crippen molar-refractivity contribution in [2.45, 2.75) is 19.3 Å².